The van der Waals surface area contributed by atoms with Crippen molar-refractivity contribution >= 4 is 0 Å². The van der Waals surface area contributed by atoms with Crippen molar-refractivity contribution in [2.75, 3.05) is 6.54 Å². The molecule has 0 aliphatic rings. The van der Waals surface area contributed by atoms with E-state index in [0.717, 1.165) is 17.9 Å². The van der Waals surface area contributed by atoms with Crippen LogP contribution < -0.4 is 5.73 Å². The summed E-state index contributed by atoms with van der Waals surface area (Å²) in [5, 5.41) is 9.83. The first-order valence-corrected chi connectivity index (χ1v) is 5.68. The molecule has 0 spiro atoms. The van der Waals surface area contributed by atoms with E-state index in [1.807, 2.05) is 35.9 Å². The molecule has 1 aromatic heterocycles. The predicted octanol–water partition coefficient (Wildman–Crippen LogP) is 1.64. The van der Waals surface area contributed by atoms with Gasteiger partial charge in [0.1, 0.15) is 11.6 Å². The van der Waals surface area contributed by atoms with Crippen LogP contribution in [0.1, 0.15) is 17.3 Å². The zero-order valence-electron chi connectivity index (χ0n) is 9.87. The highest BCUT2D eigenvalue weighted by Gasteiger charge is 2.14. The number of nitrogens with two attached hydrogens (primary N) is 1. The lowest BCUT2D eigenvalue weighted by Gasteiger charge is -2.17. The maximum atomic E-state index is 9.83. The molecule has 1 heterocycles. The van der Waals surface area contributed by atoms with E-state index in [1.54, 1.807) is 12.3 Å². The second-order valence-corrected chi connectivity index (χ2v) is 4.12. The fraction of sp³-hybridized carbons (Fsp3) is 0.308. The van der Waals surface area contributed by atoms with Gasteiger partial charge in [-0.1, -0.05) is 18.2 Å². The van der Waals surface area contributed by atoms with Crippen molar-refractivity contribution in [2.24, 2.45) is 5.73 Å². The number of hydrogen-bond acceptors (Lipinski definition) is 3. The van der Waals surface area contributed by atoms with Crippen LogP contribution in [0.3, 0.4) is 0 Å². The molecule has 4 heteroatoms. The number of nitrogens with zero attached hydrogens (tertiary/aromatic N) is 2. The molecule has 0 fully saturated rings. The van der Waals surface area contributed by atoms with Gasteiger partial charge in [-0.3, -0.25) is 0 Å². The molecule has 1 atom stereocenters. The molecule has 17 heavy (non-hydrogen) atoms. The van der Waals surface area contributed by atoms with E-state index in [2.05, 4.69) is 4.98 Å². The number of phenolic OH excluding ortho intramolecular Hbond substituents is 1. The molecule has 0 saturated heterocycles. The van der Waals surface area contributed by atoms with E-state index < -0.39 is 0 Å². The third kappa shape index (κ3) is 2.47. The maximum absolute atomic E-state index is 9.83. The molecule has 0 amide bonds. The molecule has 2 rings (SSSR count). The van der Waals surface area contributed by atoms with Crippen molar-refractivity contribution in [1.29, 1.82) is 0 Å². The van der Waals surface area contributed by atoms with E-state index in [4.69, 9.17) is 5.73 Å². The first kappa shape index (κ1) is 11.7. The number of phenols is 1. The molecule has 1 aromatic carbocycles. The first-order valence-electron chi connectivity index (χ1n) is 5.68. The molecule has 1 unspecified atom stereocenters. The van der Waals surface area contributed by atoms with Crippen molar-refractivity contribution in [3.8, 4) is 5.75 Å². The van der Waals surface area contributed by atoms with Gasteiger partial charge in [0.2, 0.25) is 0 Å². The van der Waals surface area contributed by atoms with Gasteiger partial charge < -0.3 is 15.4 Å². The Morgan fingerprint density at radius 3 is 2.76 bits per heavy atom. The summed E-state index contributed by atoms with van der Waals surface area (Å²) in [6.07, 6.45) is 3.70. The summed E-state index contributed by atoms with van der Waals surface area (Å²) in [5.41, 5.74) is 6.69. The molecule has 0 radical (unpaired) electrons. The fourth-order valence-corrected chi connectivity index (χ4v) is 1.97. The minimum Gasteiger partial charge on any atom is -0.508 e. The van der Waals surface area contributed by atoms with Gasteiger partial charge >= 0.3 is 0 Å². The van der Waals surface area contributed by atoms with Crippen molar-refractivity contribution in [3.63, 3.8) is 0 Å². The smallest absolute Gasteiger partial charge is 0.119 e. The largest absolute Gasteiger partial charge is 0.508 e. The molecule has 0 bridgehead atoms. The molecule has 0 aliphatic carbocycles. The molecule has 2 aromatic rings. The maximum Gasteiger partial charge on any atom is 0.119 e. The zero-order valence-corrected chi connectivity index (χ0v) is 9.87. The van der Waals surface area contributed by atoms with Crippen LogP contribution in [0, 0.1) is 6.92 Å². The Morgan fingerprint density at radius 2 is 2.18 bits per heavy atom. The Morgan fingerprint density at radius 1 is 1.41 bits per heavy atom. The van der Waals surface area contributed by atoms with Crippen molar-refractivity contribution in [1.82, 2.24) is 9.55 Å². The third-order valence-electron chi connectivity index (χ3n) is 3.00. The highest BCUT2D eigenvalue weighted by atomic mass is 16.3. The van der Waals surface area contributed by atoms with Crippen LogP contribution in [0.15, 0.2) is 36.7 Å². The van der Waals surface area contributed by atoms with Crippen LogP contribution in [-0.4, -0.2) is 21.2 Å². The number of aryl methyl sites for hydroxylation is 1. The van der Waals surface area contributed by atoms with E-state index in [-0.39, 0.29) is 5.92 Å². The van der Waals surface area contributed by atoms with Gasteiger partial charge in [-0.25, -0.2) is 4.98 Å². The van der Waals surface area contributed by atoms with Crippen molar-refractivity contribution in [3.05, 3.63) is 48.0 Å². The SMILES string of the molecule is Cc1nccn1CC(CN)c1ccccc1O. The predicted molar refractivity (Wildman–Crippen MR) is 66.9 cm³/mol. The van der Waals surface area contributed by atoms with Crippen molar-refractivity contribution in [2.45, 2.75) is 19.4 Å². The van der Waals surface area contributed by atoms with Crippen LogP contribution in [0.2, 0.25) is 0 Å². The number of imidazole rings is 1. The Hall–Kier alpha value is -1.81. The quantitative estimate of drug-likeness (QED) is 0.840. The van der Waals surface area contributed by atoms with Gasteiger partial charge in [0, 0.05) is 31.4 Å². The molecule has 0 aliphatic heterocycles. The summed E-state index contributed by atoms with van der Waals surface area (Å²) in [6, 6.07) is 7.34. The minimum atomic E-state index is 0.101. The summed E-state index contributed by atoms with van der Waals surface area (Å²) in [5.74, 6) is 1.36. The summed E-state index contributed by atoms with van der Waals surface area (Å²) in [6.45, 7) is 3.19. The average molecular weight is 231 g/mol. The lowest BCUT2D eigenvalue weighted by molar-refractivity contribution is 0.451. The second-order valence-electron chi connectivity index (χ2n) is 4.12. The lowest BCUT2D eigenvalue weighted by atomic mass is 9.98. The highest BCUT2D eigenvalue weighted by Crippen LogP contribution is 2.26. The van der Waals surface area contributed by atoms with Gasteiger partial charge in [-0.05, 0) is 18.6 Å². The van der Waals surface area contributed by atoms with Crippen molar-refractivity contribution < 1.29 is 5.11 Å². The third-order valence-corrected chi connectivity index (χ3v) is 3.00. The van der Waals surface area contributed by atoms with Gasteiger partial charge in [-0.15, -0.1) is 0 Å². The van der Waals surface area contributed by atoms with E-state index in [1.165, 1.54) is 0 Å². The lowest BCUT2D eigenvalue weighted by Crippen LogP contribution is -2.18. The Kier molecular flexibility index (Phi) is 3.44. The summed E-state index contributed by atoms with van der Waals surface area (Å²) in [7, 11) is 0. The summed E-state index contributed by atoms with van der Waals surface area (Å²) < 4.78 is 2.05. The van der Waals surface area contributed by atoms with Crippen LogP contribution in [0.25, 0.3) is 0 Å². The van der Waals surface area contributed by atoms with Gasteiger partial charge in [0.25, 0.3) is 0 Å². The number of rotatable bonds is 4. The highest BCUT2D eigenvalue weighted by molar-refractivity contribution is 5.35. The zero-order chi connectivity index (χ0) is 12.3. The van der Waals surface area contributed by atoms with Crippen LogP contribution >= 0.6 is 0 Å². The Bertz CT molecular complexity index is 493. The molecule has 4 nitrogen and oxygen atoms in total. The van der Waals surface area contributed by atoms with E-state index in [0.29, 0.717) is 12.3 Å². The van der Waals surface area contributed by atoms with Crippen LogP contribution in [-0.2, 0) is 6.54 Å². The number of benzene rings is 1. The molecular weight excluding hydrogens is 214 g/mol. The molecule has 0 saturated carbocycles. The topological polar surface area (TPSA) is 64.1 Å². The minimum absolute atomic E-state index is 0.101. The summed E-state index contributed by atoms with van der Waals surface area (Å²) >= 11 is 0. The van der Waals surface area contributed by atoms with Gasteiger partial charge in [0.15, 0.2) is 0 Å². The Balaban J connectivity index is 2.23. The van der Waals surface area contributed by atoms with E-state index >= 15 is 0 Å². The molecule has 90 valence electrons. The molecule has 3 N–H and O–H groups in total. The van der Waals surface area contributed by atoms with E-state index in [9.17, 15) is 5.11 Å². The van der Waals surface area contributed by atoms with Crippen LogP contribution in [0.5, 0.6) is 5.75 Å². The fourth-order valence-electron chi connectivity index (χ4n) is 1.97. The monoisotopic (exact) mass is 231 g/mol. The molecular formula is C13H17N3O. The number of hydrogen-bond donors (Lipinski definition) is 2. The van der Waals surface area contributed by atoms with Crippen LogP contribution in [0.4, 0.5) is 0 Å². The average Bonchev–Trinajstić information content (AvgIpc) is 2.73. The summed E-state index contributed by atoms with van der Waals surface area (Å²) in [4.78, 5) is 4.18. The number of aromatic hydroxyl groups is 1. The van der Waals surface area contributed by atoms with Gasteiger partial charge in [-0.2, -0.15) is 0 Å². The standard InChI is InChI=1S/C13H17N3O/c1-10-15-6-7-16(10)9-11(8-14)12-4-2-3-5-13(12)17/h2-7,11,17H,8-9,14H2,1H3. The normalized spacial score (nSPS) is 12.6. The Labute approximate surface area is 101 Å². The number of para-hydroxylation sites is 1. The van der Waals surface area contributed by atoms with Gasteiger partial charge in [0.05, 0.1) is 0 Å². The second kappa shape index (κ2) is 5.01. The first-order chi connectivity index (χ1) is 8.22. The number of aromatic nitrogens is 2.